The molecule has 68 valence electrons. The van der Waals surface area contributed by atoms with Crippen LogP contribution in [0.2, 0.25) is 5.02 Å². The first-order valence-corrected chi connectivity index (χ1v) is 4.28. The standard InChI is InChI=1S/C11H10ClF/c1-4-11(2,3)9-6-5-8(13)7-10(9)12/h1,5-7H,2-3H3. The Labute approximate surface area is 82.7 Å². The second kappa shape index (κ2) is 3.40. The first-order chi connectivity index (χ1) is 5.97. The van der Waals surface area contributed by atoms with Crippen molar-refractivity contribution >= 4 is 11.6 Å². The Bertz CT molecular complexity index is 361. The highest BCUT2D eigenvalue weighted by molar-refractivity contribution is 6.31. The van der Waals surface area contributed by atoms with Crippen LogP contribution >= 0.6 is 11.6 Å². The van der Waals surface area contributed by atoms with Crippen molar-refractivity contribution in [1.82, 2.24) is 0 Å². The van der Waals surface area contributed by atoms with Crippen molar-refractivity contribution in [3.63, 3.8) is 0 Å². The van der Waals surface area contributed by atoms with Crippen molar-refractivity contribution in [1.29, 1.82) is 0 Å². The molecule has 0 nitrogen and oxygen atoms in total. The van der Waals surface area contributed by atoms with Gasteiger partial charge in [-0.2, -0.15) is 0 Å². The lowest BCUT2D eigenvalue weighted by Crippen LogP contribution is -2.14. The molecule has 13 heavy (non-hydrogen) atoms. The molecular weight excluding hydrogens is 187 g/mol. The van der Waals surface area contributed by atoms with E-state index >= 15 is 0 Å². The Kier molecular flexibility index (Phi) is 2.63. The Hall–Kier alpha value is -1.00. The highest BCUT2D eigenvalue weighted by atomic mass is 35.5. The van der Waals surface area contributed by atoms with Gasteiger partial charge >= 0.3 is 0 Å². The molecule has 1 rings (SSSR count). The van der Waals surface area contributed by atoms with Gasteiger partial charge in [-0.25, -0.2) is 4.39 Å². The molecule has 0 saturated heterocycles. The second-order valence-electron chi connectivity index (χ2n) is 3.39. The fourth-order valence-electron chi connectivity index (χ4n) is 1.07. The van der Waals surface area contributed by atoms with Crippen LogP contribution in [0.15, 0.2) is 18.2 Å². The first kappa shape index (κ1) is 10.1. The molecule has 0 aliphatic carbocycles. The summed E-state index contributed by atoms with van der Waals surface area (Å²) >= 11 is 5.86. The molecule has 0 aromatic heterocycles. The molecular formula is C11H10ClF. The normalized spacial score (nSPS) is 11.0. The van der Waals surface area contributed by atoms with Crippen LogP contribution < -0.4 is 0 Å². The zero-order valence-electron chi connectivity index (χ0n) is 7.57. The first-order valence-electron chi connectivity index (χ1n) is 3.90. The molecule has 0 fully saturated rings. The van der Waals surface area contributed by atoms with Gasteiger partial charge in [0.15, 0.2) is 0 Å². The van der Waals surface area contributed by atoms with E-state index in [1.807, 2.05) is 13.8 Å². The minimum absolute atomic E-state index is 0.346. The summed E-state index contributed by atoms with van der Waals surface area (Å²) in [5.74, 6) is 2.27. The van der Waals surface area contributed by atoms with Crippen LogP contribution in [-0.4, -0.2) is 0 Å². The highest BCUT2D eigenvalue weighted by Crippen LogP contribution is 2.29. The zero-order valence-corrected chi connectivity index (χ0v) is 8.32. The Morgan fingerprint density at radius 3 is 2.54 bits per heavy atom. The molecule has 2 heteroatoms. The monoisotopic (exact) mass is 196 g/mol. The summed E-state index contributed by atoms with van der Waals surface area (Å²) in [5, 5.41) is 0.378. The summed E-state index contributed by atoms with van der Waals surface area (Å²) in [6.45, 7) is 3.73. The summed E-state index contributed by atoms with van der Waals surface area (Å²) < 4.78 is 12.7. The minimum atomic E-state index is -0.454. The van der Waals surface area contributed by atoms with Gasteiger partial charge in [-0.3, -0.25) is 0 Å². The van der Waals surface area contributed by atoms with Crippen molar-refractivity contribution in [2.24, 2.45) is 0 Å². The van der Waals surface area contributed by atoms with Crippen molar-refractivity contribution in [3.05, 3.63) is 34.6 Å². The van der Waals surface area contributed by atoms with Gasteiger partial charge in [-0.05, 0) is 31.5 Å². The Morgan fingerprint density at radius 2 is 2.08 bits per heavy atom. The van der Waals surface area contributed by atoms with Crippen LogP contribution in [0.1, 0.15) is 19.4 Å². The van der Waals surface area contributed by atoms with Gasteiger partial charge in [0.25, 0.3) is 0 Å². The fourth-order valence-corrected chi connectivity index (χ4v) is 1.48. The van der Waals surface area contributed by atoms with Gasteiger partial charge < -0.3 is 0 Å². The van der Waals surface area contributed by atoms with Crippen LogP contribution in [0.4, 0.5) is 4.39 Å². The SMILES string of the molecule is C#CC(C)(C)c1ccc(F)cc1Cl. The predicted molar refractivity (Wildman–Crippen MR) is 53.3 cm³/mol. The molecule has 0 aliphatic rings. The number of hydrogen-bond donors (Lipinski definition) is 0. The maximum atomic E-state index is 12.7. The quantitative estimate of drug-likeness (QED) is 0.604. The van der Waals surface area contributed by atoms with Crippen LogP contribution in [0, 0.1) is 18.2 Å². The topological polar surface area (TPSA) is 0 Å². The molecule has 1 aromatic carbocycles. The molecule has 0 heterocycles. The smallest absolute Gasteiger partial charge is 0.124 e. The van der Waals surface area contributed by atoms with E-state index in [0.717, 1.165) is 5.56 Å². The largest absolute Gasteiger partial charge is 0.207 e. The molecule has 0 amide bonds. The molecule has 0 N–H and O–H groups in total. The molecule has 0 bridgehead atoms. The molecule has 0 radical (unpaired) electrons. The number of benzene rings is 1. The third-order valence-corrected chi connectivity index (χ3v) is 2.28. The van der Waals surface area contributed by atoms with E-state index < -0.39 is 5.41 Å². The molecule has 0 atom stereocenters. The third-order valence-electron chi connectivity index (χ3n) is 1.97. The van der Waals surface area contributed by atoms with Gasteiger partial charge in [-0.15, -0.1) is 6.42 Å². The number of halogens is 2. The third kappa shape index (κ3) is 2.02. The van der Waals surface area contributed by atoms with Crippen LogP contribution in [-0.2, 0) is 5.41 Å². The van der Waals surface area contributed by atoms with E-state index in [-0.39, 0.29) is 5.82 Å². The zero-order chi connectivity index (χ0) is 10.1. The average Bonchev–Trinajstić information content (AvgIpc) is 2.03. The second-order valence-corrected chi connectivity index (χ2v) is 3.80. The van der Waals surface area contributed by atoms with Crippen molar-refractivity contribution < 1.29 is 4.39 Å². The van der Waals surface area contributed by atoms with E-state index in [0.29, 0.717) is 5.02 Å². The summed E-state index contributed by atoms with van der Waals surface area (Å²) in [5.41, 5.74) is 0.322. The minimum Gasteiger partial charge on any atom is -0.207 e. The Morgan fingerprint density at radius 1 is 1.46 bits per heavy atom. The van der Waals surface area contributed by atoms with E-state index in [1.165, 1.54) is 12.1 Å². The number of rotatable bonds is 1. The van der Waals surface area contributed by atoms with E-state index in [1.54, 1.807) is 6.07 Å². The van der Waals surface area contributed by atoms with Crippen LogP contribution in [0.3, 0.4) is 0 Å². The maximum absolute atomic E-state index is 12.7. The van der Waals surface area contributed by atoms with Gasteiger partial charge in [-0.1, -0.05) is 23.6 Å². The lowest BCUT2D eigenvalue weighted by molar-refractivity contribution is 0.623. The Balaban J connectivity index is 3.26. The lowest BCUT2D eigenvalue weighted by Gasteiger charge is -2.19. The molecule has 0 unspecified atom stereocenters. The van der Waals surface area contributed by atoms with Gasteiger partial charge in [0, 0.05) is 5.02 Å². The highest BCUT2D eigenvalue weighted by Gasteiger charge is 2.20. The van der Waals surface area contributed by atoms with E-state index in [9.17, 15) is 4.39 Å². The van der Waals surface area contributed by atoms with Crippen LogP contribution in [0.5, 0.6) is 0 Å². The summed E-state index contributed by atoms with van der Waals surface area (Å²) in [4.78, 5) is 0. The van der Waals surface area contributed by atoms with Crippen molar-refractivity contribution in [2.45, 2.75) is 19.3 Å². The summed E-state index contributed by atoms with van der Waals surface area (Å²) in [7, 11) is 0. The maximum Gasteiger partial charge on any atom is 0.124 e. The summed E-state index contributed by atoms with van der Waals surface area (Å²) in [6, 6.07) is 4.26. The number of terminal acetylenes is 1. The predicted octanol–water partition coefficient (Wildman–Crippen LogP) is 3.39. The van der Waals surface area contributed by atoms with Gasteiger partial charge in [0.1, 0.15) is 5.82 Å². The number of hydrogen-bond acceptors (Lipinski definition) is 0. The lowest BCUT2D eigenvalue weighted by atomic mass is 9.86. The van der Waals surface area contributed by atoms with E-state index in [4.69, 9.17) is 18.0 Å². The van der Waals surface area contributed by atoms with Gasteiger partial charge in [0.2, 0.25) is 0 Å². The molecule has 0 saturated carbocycles. The summed E-state index contributed by atoms with van der Waals surface area (Å²) in [6.07, 6.45) is 5.34. The average molecular weight is 197 g/mol. The molecule has 0 spiro atoms. The van der Waals surface area contributed by atoms with E-state index in [2.05, 4.69) is 5.92 Å². The fraction of sp³-hybridized carbons (Fsp3) is 0.273. The van der Waals surface area contributed by atoms with Crippen LogP contribution in [0.25, 0.3) is 0 Å². The molecule has 0 aliphatic heterocycles. The molecule has 1 aromatic rings. The van der Waals surface area contributed by atoms with Crippen molar-refractivity contribution in [3.8, 4) is 12.3 Å². The van der Waals surface area contributed by atoms with Crippen molar-refractivity contribution in [2.75, 3.05) is 0 Å². The van der Waals surface area contributed by atoms with Gasteiger partial charge in [0.05, 0.1) is 5.41 Å².